The first-order valence-corrected chi connectivity index (χ1v) is 8.01. The van der Waals surface area contributed by atoms with E-state index in [4.69, 9.17) is 4.99 Å². The number of nitrogens with zero attached hydrogens (tertiary/aromatic N) is 1. The molecule has 4 nitrogen and oxygen atoms in total. The maximum Gasteiger partial charge on any atom is 0.221 e. The summed E-state index contributed by atoms with van der Waals surface area (Å²) in [6, 6.07) is 7.74. The zero-order valence-corrected chi connectivity index (χ0v) is 12.4. The van der Waals surface area contributed by atoms with Gasteiger partial charge in [-0.15, -0.1) is 0 Å². The quantitative estimate of drug-likeness (QED) is 0.876. The Hall–Kier alpha value is -1.49. The number of nitrogens with one attached hydrogen (secondary N) is 2. The van der Waals surface area contributed by atoms with E-state index in [0.717, 1.165) is 22.3 Å². The second-order valence-electron chi connectivity index (χ2n) is 5.52. The Morgan fingerprint density at radius 1 is 1.30 bits per heavy atom. The standard InChI is InChI=1S/C15H19N3OS/c1-11(19)16-12-5-4-6-13(9-12)17-14-18-15(10-20-14)7-2-3-8-15/h4-6,9H,2-3,7-8,10H2,1H3,(H,16,19)(H,17,18). The number of carbonyl (C=O) groups excluding carboxylic acids is 1. The van der Waals surface area contributed by atoms with Crippen LogP contribution in [0.2, 0.25) is 0 Å². The van der Waals surface area contributed by atoms with Gasteiger partial charge in [0.05, 0.1) is 5.54 Å². The molecule has 106 valence electrons. The van der Waals surface area contributed by atoms with Crippen molar-refractivity contribution >= 4 is 34.2 Å². The number of carbonyl (C=O) groups is 1. The number of hydrogen-bond donors (Lipinski definition) is 2. The van der Waals surface area contributed by atoms with Crippen molar-refractivity contribution in [1.82, 2.24) is 0 Å². The summed E-state index contributed by atoms with van der Waals surface area (Å²) in [5.74, 6) is 1.04. The molecule has 1 amide bonds. The number of thioether (sulfide) groups is 1. The summed E-state index contributed by atoms with van der Waals surface area (Å²) in [5, 5.41) is 7.17. The minimum absolute atomic E-state index is 0.0559. The van der Waals surface area contributed by atoms with Crippen molar-refractivity contribution in [3.63, 3.8) is 0 Å². The van der Waals surface area contributed by atoms with Crippen molar-refractivity contribution in [2.45, 2.75) is 38.1 Å². The maximum atomic E-state index is 11.1. The molecule has 0 bridgehead atoms. The largest absolute Gasteiger partial charge is 0.335 e. The molecular weight excluding hydrogens is 270 g/mol. The molecule has 1 fully saturated rings. The number of rotatable bonds is 2. The Bertz CT molecular complexity index is 550. The predicted octanol–water partition coefficient (Wildman–Crippen LogP) is 3.47. The summed E-state index contributed by atoms with van der Waals surface area (Å²) in [6.07, 6.45) is 5.04. The number of amidine groups is 1. The number of aliphatic imine (C=N–C) groups is 1. The fourth-order valence-corrected chi connectivity index (χ4v) is 4.04. The molecule has 1 aromatic rings. The zero-order valence-electron chi connectivity index (χ0n) is 11.6. The Morgan fingerprint density at radius 3 is 2.80 bits per heavy atom. The van der Waals surface area contributed by atoms with Crippen LogP contribution in [-0.4, -0.2) is 22.4 Å². The molecule has 0 aromatic heterocycles. The van der Waals surface area contributed by atoms with Crippen molar-refractivity contribution in [3.05, 3.63) is 24.3 Å². The van der Waals surface area contributed by atoms with Crippen LogP contribution in [0.1, 0.15) is 32.6 Å². The van der Waals surface area contributed by atoms with Crippen molar-refractivity contribution in [2.75, 3.05) is 16.4 Å². The van der Waals surface area contributed by atoms with Gasteiger partial charge in [0.25, 0.3) is 0 Å². The highest BCUT2D eigenvalue weighted by atomic mass is 32.2. The number of amides is 1. The average molecular weight is 289 g/mol. The molecular formula is C15H19N3OS. The van der Waals surface area contributed by atoms with E-state index < -0.39 is 0 Å². The summed E-state index contributed by atoms with van der Waals surface area (Å²) < 4.78 is 0. The van der Waals surface area contributed by atoms with Gasteiger partial charge in [-0.3, -0.25) is 9.79 Å². The van der Waals surface area contributed by atoms with Crippen LogP contribution < -0.4 is 10.6 Å². The van der Waals surface area contributed by atoms with Crippen LogP contribution in [0, 0.1) is 0 Å². The van der Waals surface area contributed by atoms with E-state index in [-0.39, 0.29) is 11.4 Å². The number of benzene rings is 1. The fraction of sp³-hybridized carbons (Fsp3) is 0.467. The van der Waals surface area contributed by atoms with Gasteiger partial charge in [-0.2, -0.15) is 0 Å². The second kappa shape index (κ2) is 5.48. The lowest BCUT2D eigenvalue weighted by Crippen LogP contribution is -2.21. The molecule has 5 heteroatoms. The molecule has 3 rings (SSSR count). The van der Waals surface area contributed by atoms with Crippen molar-refractivity contribution in [2.24, 2.45) is 4.99 Å². The first-order valence-electron chi connectivity index (χ1n) is 7.03. The first-order chi connectivity index (χ1) is 9.65. The molecule has 1 heterocycles. The third-order valence-corrected chi connectivity index (χ3v) is 4.93. The Morgan fingerprint density at radius 2 is 2.05 bits per heavy atom. The lowest BCUT2D eigenvalue weighted by atomic mass is 10.0. The highest BCUT2D eigenvalue weighted by Crippen LogP contribution is 2.41. The van der Waals surface area contributed by atoms with Crippen LogP contribution >= 0.6 is 11.8 Å². The van der Waals surface area contributed by atoms with E-state index in [1.165, 1.54) is 32.6 Å². The van der Waals surface area contributed by atoms with Gasteiger partial charge in [0, 0.05) is 24.1 Å². The van der Waals surface area contributed by atoms with Gasteiger partial charge in [0.2, 0.25) is 5.91 Å². The minimum Gasteiger partial charge on any atom is -0.335 e. The van der Waals surface area contributed by atoms with E-state index in [9.17, 15) is 4.79 Å². The summed E-state index contributed by atoms with van der Waals surface area (Å²) in [5.41, 5.74) is 1.97. The summed E-state index contributed by atoms with van der Waals surface area (Å²) in [4.78, 5) is 16.0. The average Bonchev–Trinajstić information content (AvgIpc) is 3.00. The highest BCUT2D eigenvalue weighted by Gasteiger charge is 2.38. The lowest BCUT2D eigenvalue weighted by Gasteiger charge is -2.16. The van der Waals surface area contributed by atoms with E-state index in [1.807, 2.05) is 24.3 Å². The SMILES string of the molecule is CC(=O)Nc1cccc(NC2=NC3(CCCC3)CS2)c1. The zero-order chi connectivity index (χ0) is 14.0. The molecule has 1 aliphatic carbocycles. The monoisotopic (exact) mass is 289 g/mol. The smallest absolute Gasteiger partial charge is 0.221 e. The molecule has 1 aliphatic heterocycles. The summed E-state index contributed by atoms with van der Waals surface area (Å²) in [6.45, 7) is 1.51. The van der Waals surface area contributed by atoms with Gasteiger partial charge in [0.15, 0.2) is 5.17 Å². The molecule has 20 heavy (non-hydrogen) atoms. The van der Waals surface area contributed by atoms with Gasteiger partial charge < -0.3 is 10.6 Å². The summed E-state index contributed by atoms with van der Waals surface area (Å²) in [7, 11) is 0. The predicted molar refractivity (Wildman–Crippen MR) is 85.5 cm³/mol. The van der Waals surface area contributed by atoms with E-state index in [1.54, 1.807) is 11.8 Å². The summed E-state index contributed by atoms with van der Waals surface area (Å²) >= 11 is 1.80. The molecule has 1 saturated carbocycles. The molecule has 2 aliphatic rings. The van der Waals surface area contributed by atoms with E-state index in [2.05, 4.69) is 10.6 Å². The Labute approximate surface area is 123 Å². The molecule has 0 unspecified atom stereocenters. The lowest BCUT2D eigenvalue weighted by molar-refractivity contribution is -0.114. The molecule has 1 aromatic carbocycles. The highest BCUT2D eigenvalue weighted by molar-refractivity contribution is 8.14. The third-order valence-electron chi connectivity index (χ3n) is 3.78. The Balaban J connectivity index is 1.70. The fourth-order valence-electron chi connectivity index (χ4n) is 2.84. The van der Waals surface area contributed by atoms with Crippen LogP contribution in [0.4, 0.5) is 11.4 Å². The van der Waals surface area contributed by atoms with Crippen LogP contribution in [0.5, 0.6) is 0 Å². The van der Waals surface area contributed by atoms with E-state index >= 15 is 0 Å². The van der Waals surface area contributed by atoms with E-state index in [0.29, 0.717) is 0 Å². The first kappa shape index (κ1) is 13.5. The van der Waals surface area contributed by atoms with Crippen LogP contribution in [0.25, 0.3) is 0 Å². The third kappa shape index (κ3) is 2.98. The molecule has 0 atom stereocenters. The maximum absolute atomic E-state index is 11.1. The van der Waals surface area contributed by atoms with Gasteiger partial charge in [-0.05, 0) is 31.0 Å². The van der Waals surface area contributed by atoms with Crippen LogP contribution in [-0.2, 0) is 4.79 Å². The number of anilines is 2. The van der Waals surface area contributed by atoms with Crippen molar-refractivity contribution < 1.29 is 4.79 Å². The van der Waals surface area contributed by atoms with Gasteiger partial charge >= 0.3 is 0 Å². The van der Waals surface area contributed by atoms with Crippen molar-refractivity contribution in [1.29, 1.82) is 0 Å². The molecule has 0 saturated heterocycles. The number of hydrogen-bond acceptors (Lipinski definition) is 4. The second-order valence-corrected chi connectivity index (χ2v) is 6.49. The molecule has 1 spiro atoms. The minimum atomic E-state index is -0.0559. The topological polar surface area (TPSA) is 53.5 Å². The normalized spacial score (nSPS) is 19.9. The van der Waals surface area contributed by atoms with Gasteiger partial charge in [-0.1, -0.05) is 30.7 Å². The van der Waals surface area contributed by atoms with Crippen LogP contribution in [0.3, 0.4) is 0 Å². The molecule has 0 radical (unpaired) electrons. The Kier molecular flexibility index (Phi) is 3.70. The van der Waals surface area contributed by atoms with Gasteiger partial charge in [0.1, 0.15) is 0 Å². The van der Waals surface area contributed by atoms with Crippen molar-refractivity contribution in [3.8, 4) is 0 Å². The molecule has 2 N–H and O–H groups in total. The van der Waals surface area contributed by atoms with Crippen LogP contribution in [0.15, 0.2) is 29.3 Å². The van der Waals surface area contributed by atoms with Gasteiger partial charge in [-0.25, -0.2) is 0 Å².